The van der Waals surface area contributed by atoms with Crippen LogP contribution in [-0.2, 0) is 11.2 Å². The number of benzene rings is 2. The van der Waals surface area contributed by atoms with E-state index in [0.29, 0.717) is 24.7 Å². The van der Waals surface area contributed by atoms with Crippen LogP contribution in [-0.4, -0.2) is 16.6 Å². The number of hydrogen-bond acceptors (Lipinski definition) is 3. The second-order valence-electron chi connectivity index (χ2n) is 8.45. The van der Waals surface area contributed by atoms with Crippen molar-refractivity contribution in [2.24, 2.45) is 23.3 Å². The molecule has 4 heteroatoms. The number of phenolic OH excluding ortho intramolecular Hbond substituents is 1. The predicted molar refractivity (Wildman–Crippen MR) is 115 cm³/mol. The van der Waals surface area contributed by atoms with Crippen molar-refractivity contribution in [1.29, 1.82) is 0 Å². The fourth-order valence-electron chi connectivity index (χ4n) is 3.89. The van der Waals surface area contributed by atoms with Gasteiger partial charge in [0.05, 0.1) is 0 Å². The molecule has 4 nitrogen and oxygen atoms in total. The minimum absolute atomic E-state index is 0.0375. The van der Waals surface area contributed by atoms with Crippen molar-refractivity contribution in [3.63, 3.8) is 0 Å². The molecule has 2 rings (SSSR count). The first-order chi connectivity index (χ1) is 13.1. The van der Waals surface area contributed by atoms with Crippen molar-refractivity contribution in [3.8, 4) is 5.75 Å². The van der Waals surface area contributed by atoms with E-state index in [-0.39, 0.29) is 23.1 Å². The fraction of sp³-hybridized carbons (Fsp3) is 0.458. The van der Waals surface area contributed by atoms with E-state index in [1.807, 2.05) is 30.3 Å². The number of phenols is 1. The molecule has 0 heterocycles. The second-order valence-corrected chi connectivity index (χ2v) is 8.45. The first-order valence-corrected chi connectivity index (χ1v) is 10.1. The minimum atomic E-state index is -0.379. The maximum atomic E-state index is 11.2. The number of carbonyl (C=O) groups is 1. The van der Waals surface area contributed by atoms with Crippen molar-refractivity contribution in [2.75, 3.05) is 0 Å². The Morgan fingerprint density at radius 1 is 1.04 bits per heavy atom. The van der Waals surface area contributed by atoms with E-state index in [1.165, 1.54) is 0 Å². The molecular formula is C24H34N2O2. The lowest BCUT2D eigenvalue weighted by Crippen LogP contribution is -2.51. The molecule has 0 aliphatic carbocycles. The standard InChI is InChI=1S/C24H34N2O2/c1-16(2)24(26,17(3)4)15-21(19-8-6-5-7-9-19)20-14-18(10-12-22(20)27)11-13-23(25)28/h5-10,12,14,16-17,21,27H,11,13,15,26H2,1-4H3,(H2,25,28). The van der Waals surface area contributed by atoms with Gasteiger partial charge in [0, 0.05) is 23.4 Å². The van der Waals surface area contributed by atoms with E-state index in [2.05, 4.69) is 39.8 Å². The third-order valence-electron chi connectivity index (χ3n) is 6.04. The summed E-state index contributed by atoms with van der Waals surface area (Å²) in [5, 5.41) is 10.7. The Labute approximate surface area is 169 Å². The zero-order valence-corrected chi connectivity index (χ0v) is 17.5. The Kier molecular flexibility index (Phi) is 7.25. The molecule has 0 aliphatic rings. The molecule has 0 bridgehead atoms. The van der Waals surface area contributed by atoms with Crippen LogP contribution >= 0.6 is 0 Å². The summed E-state index contributed by atoms with van der Waals surface area (Å²) < 4.78 is 0. The van der Waals surface area contributed by atoms with E-state index < -0.39 is 0 Å². The summed E-state index contributed by atoms with van der Waals surface area (Å²) in [6.07, 6.45) is 1.57. The summed E-state index contributed by atoms with van der Waals surface area (Å²) in [5.41, 5.74) is 14.8. The third-order valence-corrected chi connectivity index (χ3v) is 6.04. The van der Waals surface area contributed by atoms with Crippen LogP contribution in [0.5, 0.6) is 5.75 Å². The van der Waals surface area contributed by atoms with Crippen LogP contribution in [0.1, 0.15) is 63.1 Å². The minimum Gasteiger partial charge on any atom is -0.508 e. The van der Waals surface area contributed by atoms with Gasteiger partial charge < -0.3 is 16.6 Å². The van der Waals surface area contributed by atoms with Gasteiger partial charge in [0.25, 0.3) is 0 Å². The van der Waals surface area contributed by atoms with Crippen LogP contribution in [0.25, 0.3) is 0 Å². The molecule has 0 aliphatic heterocycles. The van der Waals surface area contributed by atoms with Crippen LogP contribution in [0, 0.1) is 11.8 Å². The topological polar surface area (TPSA) is 89.3 Å². The fourth-order valence-corrected chi connectivity index (χ4v) is 3.89. The van der Waals surface area contributed by atoms with Gasteiger partial charge in [-0.25, -0.2) is 0 Å². The maximum absolute atomic E-state index is 11.2. The highest BCUT2D eigenvalue weighted by Crippen LogP contribution is 2.41. The Morgan fingerprint density at radius 3 is 2.18 bits per heavy atom. The van der Waals surface area contributed by atoms with Crippen molar-refractivity contribution in [1.82, 2.24) is 0 Å². The molecule has 1 unspecified atom stereocenters. The first-order valence-electron chi connectivity index (χ1n) is 10.1. The highest BCUT2D eigenvalue weighted by atomic mass is 16.3. The number of nitrogens with two attached hydrogens (primary N) is 2. The van der Waals surface area contributed by atoms with E-state index in [9.17, 15) is 9.90 Å². The molecule has 0 radical (unpaired) electrons. The highest BCUT2D eigenvalue weighted by molar-refractivity contribution is 5.74. The third kappa shape index (κ3) is 5.14. The van der Waals surface area contributed by atoms with E-state index in [1.54, 1.807) is 6.07 Å². The average molecular weight is 383 g/mol. The summed E-state index contributed by atoms with van der Waals surface area (Å²) in [7, 11) is 0. The lowest BCUT2D eigenvalue weighted by atomic mass is 9.69. The highest BCUT2D eigenvalue weighted by Gasteiger charge is 2.36. The van der Waals surface area contributed by atoms with Crippen molar-refractivity contribution in [3.05, 3.63) is 65.2 Å². The molecule has 0 aromatic heterocycles. The van der Waals surface area contributed by atoms with Gasteiger partial charge in [0.15, 0.2) is 0 Å². The number of amides is 1. The van der Waals surface area contributed by atoms with Gasteiger partial charge in [0.1, 0.15) is 5.75 Å². The van der Waals surface area contributed by atoms with Gasteiger partial charge in [-0.1, -0.05) is 70.2 Å². The Bertz CT molecular complexity index is 776. The SMILES string of the molecule is CC(C)C(N)(CC(c1ccccc1)c1cc(CCC(N)=O)ccc1O)C(C)C. The molecule has 0 fully saturated rings. The van der Waals surface area contributed by atoms with Crippen LogP contribution in [0.4, 0.5) is 0 Å². The largest absolute Gasteiger partial charge is 0.508 e. The van der Waals surface area contributed by atoms with Crippen molar-refractivity contribution >= 4 is 5.91 Å². The summed E-state index contributed by atoms with van der Waals surface area (Å²) in [6, 6.07) is 15.7. The van der Waals surface area contributed by atoms with Gasteiger partial charge in [-0.15, -0.1) is 0 Å². The lowest BCUT2D eigenvalue weighted by molar-refractivity contribution is -0.117. The van der Waals surface area contributed by atoms with Crippen LogP contribution < -0.4 is 11.5 Å². The van der Waals surface area contributed by atoms with E-state index in [0.717, 1.165) is 23.1 Å². The summed E-state index contributed by atoms with van der Waals surface area (Å²) in [6.45, 7) is 8.63. The molecule has 2 aromatic carbocycles. The first kappa shape index (κ1) is 22.0. The molecule has 0 spiro atoms. The molecule has 1 atom stereocenters. The second kappa shape index (κ2) is 9.24. The molecule has 5 N–H and O–H groups in total. The van der Waals surface area contributed by atoms with Crippen molar-refractivity contribution in [2.45, 2.75) is 58.4 Å². The van der Waals surface area contributed by atoms with Crippen LogP contribution in [0.15, 0.2) is 48.5 Å². The number of carbonyl (C=O) groups excluding carboxylic acids is 1. The number of aryl methyl sites for hydroxylation is 1. The predicted octanol–water partition coefficient (Wildman–Crippen LogP) is 4.34. The number of aromatic hydroxyl groups is 1. The zero-order valence-electron chi connectivity index (χ0n) is 17.5. The van der Waals surface area contributed by atoms with Gasteiger partial charge in [0.2, 0.25) is 5.91 Å². The Balaban J connectivity index is 2.51. The molecule has 28 heavy (non-hydrogen) atoms. The summed E-state index contributed by atoms with van der Waals surface area (Å²) >= 11 is 0. The van der Waals surface area contributed by atoms with Gasteiger partial charge in [-0.05, 0) is 41.9 Å². The normalized spacial score (nSPS) is 13.1. The van der Waals surface area contributed by atoms with E-state index >= 15 is 0 Å². The Hall–Kier alpha value is -2.33. The molecule has 0 saturated heterocycles. The van der Waals surface area contributed by atoms with Gasteiger partial charge in [-0.2, -0.15) is 0 Å². The van der Waals surface area contributed by atoms with Gasteiger partial charge >= 0.3 is 0 Å². The molecule has 2 aromatic rings. The molecule has 0 saturated carbocycles. The average Bonchev–Trinajstić information content (AvgIpc) is 2.65. The monoisotopic (exact) mass is 382 g/mol. The maximum Gasteiger partial charge on any atom is 0.217 e. The van der Waals surface area contributed by atoms with Crippen molar-refractivity contribution < 1.29 is 9.90 Å². The van der Waals surface area contributed by atoms with Gasteiger partial charge in [-0.3, -0.25) is 4.79 Å². The number of rotatable bonds is 9. The summed E-state index contributed by atoms with van der Waals surface area (Å²) in [5.74, 6) is 0.476. The molecular weight excluding hydrogens is 348 g/mol. The van der Waals surface area contributed by atoms with E-state index in [4.69, 9.17) is 11.5 Å². The number of primary amides is 1. The lowest BCUT2D eigenvalue weighted by Gasteiger charge is -2.41. The Morgan fingerprint density at radius 2 is 1.64 bits per heavy atom. The number of hydrogen-bond donors (Lipinski definition) is 3. The van der Waals surface area contributed by atoms with Crippen LogP contribution in [0.3, 0.4) is 0 Å². The summed E-state index contributed by atoms with van der Waals surface area (Å²) in [4.78, 5) is 11.2. The molecule has 152 valence electrons. The molecule has 1 amide bonds. The zero-order chi connectivity index (χ0) is 20.9. The van der Waals surface area contributed by atoms with Crippen LogP contribution in [0.2, 0.25) is 0 Å². The smallest absolute Gasteiger partial charge is 0.217 e. The quantitative estimate of drug-likeness (QED) is 0.602.